The lowest BCUT2D eigenvalue weighted by molar-refractivity contribution is 0.761. The van der Waals surface area contributed by atoms with Crippen molar-refractivity contribution in [2.75, 3.05) is 0 Å². The quantitative estimate of drug-likeness (QED) is 0.625. The molecule has 1 heterocycles. The lowest BCUT2D eigenvalue weighted by Crippen LogP contribution is -2.07. The van der Waals surface area contributed by atoms with Gasteiger partial charge in [-0.25, -0.2) is 0 Å². The van der Waals surface area contributed by atoms with E-state index in [1.807, 2.05) is 18.2 Å². The average molecular weight is 158 g/mol. The monoisotopic (exact) mass is 158 g/mol. The van der Waals surface area contributed by atoms with Gasteiger partial charge in [0.1, 0.15) is 5.41 Å². The largest absolute Gasteiger partial charge is 0.260 e. The first-order chi connectivity index (χ1) is 5.79. The van der Waals surface area contributed by atoms with E-state index in [0.717, 1.165) is 12.1 Å². The first-order valence-electron chi connectivity index (χ1n) is 4.12. The van der Waals surface area contributed by atoms with Crippen LogP contribution in [0.1, 0.15) is 19.0 Å². The van der Waals surface area contributed by atoms with E-state index in [-0.39, 0.29) is 5.41 Å². The predicted molar refractivity (Wildman–Crippen MR) is 45.3 cm³/mol. The van der Waals surface area contributed by atoms with Crippen molar-refractivity contribution >= 4 is 0 Å². The fourth-order valence-electron chi connectivity index (χ4n) is 1.62. The van der Waals surface area contributed by atoms with E-state index in [4.69, 9.17) is 5.26 Å². The van der Waals surface area contributed by atoms with Gasteiger partial charge in [-0.15, -0.1) is 0 Å². The Bertz CT molecular complexity index is 325. The van der Waals surface area contributed by atoms with Crippen LogP contribution < -0.4 is 0 Å². The molecule has 0 N–H and O–H groups in total. The van der Waals surface area contributed by atoms with Crippen molar-refractivity contribution in [3.63, 3.8) is 0 Å². The molecule has 1 fully saturated rings. The van der Waals surface area contributed by atoms with Gasteiger partial charge in [-0.05, 0) is 24.5 Å². The summed E-state index contributed by atoms with van der Waals surface area (Å²) in [6, 6.07) is 8.11. The van der Waals surface area contributed by atoms with Gasteiger partial charge < -0.3 is 0 Å². The molecule has 12 heavy (non-hydrogen) atoms. The summed E-state index contributed by atoms with van der Waals surface area (Å²) in [6.45, 7) is 2.10. The molecule has 1 aliphatic carbocycles. The van der Waals surface area contributed by atoms with E-state index in [1.165, 1.54) is 0 Å². The van der Waals surface area contributed by atoms with Crippen molar-refractivity contribution in [1.29, 1.82) is 5.26 Å². The molecule has 0 aliphatic heterocycles. The van der Waals surface area contributed by atoms with Crippen molar-refractivity contribution in [2.24, 2.45) is 5.92 Å². The van der Waals surface area contributed by atoms with Gasteiger partial charge in [0.2, 0.25) is 0 Å². The SMILES string of the molecule is CC1CC1(C#N)c1ccccn1. The van der Waals surface area contributed by atoms with E-state index in [0.29, 0.717) is 5.92 Å². The summed E-state index contributed by atoms with van der Waals surface area (Å²) in [5, 5.41) is 8.99. The van der Waals surface area contributed by atoms with Gasteiger partial charge in [0.25, 0.3) is 0 Å². The molecule has 2 atom stereocenters. The second kappa shape index (κ2) is 2.31. The molecule has 1 saturated carbocycles. The van der Waals surface area contributed by atoms with Crippen molar-refractivity contribution in [1.82, 2.24) is 4.98 Å². The molecule has 0 bridgehead atoms. The topological polar surface area (TPSA) is 36.7 Å². The van der Waals surface area contributed by atoms with Gasteiger partial charge in [0, 0.05) is 6.20 Å². The van der Waals surface area contributed by atoms with Gasteiger partial charge in [-0.2, -0.15) is 5.26 Å². The molecule has 0 amide bonds. The molecular formula is C10H10N2. The third-order valence-electron chi connectivity index (χ3n) is 2.63. The van der Waals surface area contributed by atoms with Crippen LogP contribution in [0.3, 0.4) is 0 Å². The van der Waals surface area contributed by atoms with E-state index in [9.17, 15) is 0 Å². The molecule has 60 valence electrons. The second-order valence-corrected chi connectivity index (χ2v) is 3.40. The Kier molecular flexibility index (Phi) is 1.41. The lowest BCUT2D eigenvalue weighted by atomic mass is 10.0. The highest BCUT2D eigenvalue weighted by Crippen LogP contribution is 2.52. The number of aromatic nitrogens is 1. The Morgan fingerprint density at radius 3 is 2.83 bits per heavy atom. The molecule has 2 unspecified atom stereocenters. The summed E-state index contributed by atoms with van der Waals surface area (Å²) in [5.74, 6) is 0.470. The fraction of sp³-hybridized carbons (Fsp3) is 0.400. The Morgan fingerprint density at radius 2 is 2.42 bits per heavy atom. The van der Waals surface area contributed by atoms with Gasteiger partial charge >= 0.3 is 0 Å². The zero-order valence-electron chi connectivity index (χ0n) is 6.99. The van der Waals surface area contributed by atoms with Crippen molar-refractivity contribution in [2.45, 2.75) is 18.8 Å². The maximum Gasteiger partial charge on any atom is 0.102 e. The highest BCUT2D eigenvalue weighted by Gasteiger charge is 2.54. The smallest absolute Gasteiger partial charge is 0.102 e. The van der Waals surface area contributed by atoms with Gasteiger partial charge in [0.15, 0.2) is 0 Å². The molecule has 0 aromatic carbocycles. The Balaban J connectivity index is 2.39. The van der Waals surface area contributed by atoms with Crippen LogP contribution >= 0.6 is 0 Å². The van der Waals surface area contributed by atoms with E-state index in [1.54, 1.807) is 6.20 Å². The first-order valence-corrected chi connectivity index (χ1v) is 4.12. The van der Waals surface area contributed by atoms with E-state index >= 15 is 0 Å². The zero-order chi connectivity index (χ0) is 8.60. The average Bonchev–Trinajstić information content (AvgIpc) is 2.80. The zero-order valence-corrected chi connectivity index (χ0v) is 6.99. The highest BCUT2D eigenvalue weighted by molar-refractivity contribution is 5.36. The molecule has 1 aliphatic rings. The minimum Gasteiger partial charge on any atom is -0.260 e. The molecule has 2 nitrogen and oxygen atoms in total. The van der Waals surface area contributed by atoms with Crippen LogP contribution in [0.2, 0.25) is 0 Å². The molecule has 1 aromatic heterocycles. The molecule has 2 rings (SSSR count). The van der Waals surface area contributed by atoms with Crippen LogP contribution in [-0.4, -0.2) is 4.98 Å². The highest BCUT2D eigenvalue weighted by atomic mass is 14.7. The van der Waals surface area contributed by atoms with Crippen molar-refractivity contribution < 1.29 is 0 Å². The van der Waals surface area contributed by atoms with Crippen LogP contribution in [0.15, 0.2) is 24.4 Å². The molecule has 0 saturated heterocycles. The first kappa shape index (κ1) is 7.30. The summed E-state index contributed by atoms with van der Waals surface area (Å²) in [6.07, 6.45) is 2.71. The summed E-state index contributed by atoms with van der Waals surface area (Å²) in [4.78, 5) is 4.21. The maximum atomic E-state index is 8.99. The van der Waals surface area contributed by atoms with E-state index < -0.39 is 0 Å². The Morgan fingerprint density at radius 1 is 1.67 bits per heavy atom. The van der Waals surface area contributed by atoms with Crippen LogP contribution in [-0.2, 0) is 5.41 Å². The number of pyridine rings is 1. The number of hydrogen-bond acceptors (Lipinski definition) is 2. The molecule has 0 radical (unpaired) electrons. The Labute approximate surface area is 71.9 Å². The predicted octanol–water partition coefficient (Wildman–Crippen LogP) is 1.88. The molecule has 1 aromatic rings. The van der Waals surface area contributed by atoms with Crippen molar-refractivity contribution in [3.05, 3.63) is 30.1 Å². The van der Waals surface area contributed by atoms with Crippen LogP contribution in [0, 0.1) is 17.2 Å². The molecule has 2 heteroatoms. The van der Waals surface area contributed by atoms with Gasteiger partial charge in [-0.3, -0.25) is 4.98 Å². The van der Waals surface area contributed by atoms with Crippen LogP contribution in [0.4, 0.5) is 0 Å². The summed E-state index contributed by atoms with van der Waals surface area (Å²) < 4.78 is 0. The molecular weight excluding hydrogens is 148 g/mol. The second-order valence-electron chi connectivity index (χ2n) is 3.40. The van der Waals surface area contributed by atoms with Crippen LogP contribution in [0.5, 0.6) is 0 Å². The summed E-state index contributed by atoms with van der Waals surface area (Å²) in [7, 11) is 0. The standard InChI is InChI=1S/C10H10N2/c1-8-6-10(8,7-11)9-4-2-3-5-12-9/h2-5,8H,6H2,1H3. The van der Waals surface area contributed by atoms with E-state index in [2.05, 4.69) is 18.0 Å². The minimum absolute atomic E-state index is 0.263. The minimum atomic E-state index is -0.263. The Hall–Kier alpha value is -1.36. The lowest BCUT2D eigenvalue weighted by Gasteiger charge is -2.04. The maximum absolute atomic E-state index is 8.99. The molecule has 0 spiro atoms. The van der Waals surface area contributed by atoms with Crippen molar-refractivity contribution in [3.8, 4) is 6.07 Å². The number of rotatable bonds is 1. The van der Waals surface area contributed by atoms with Crippen LogP contribution in [0.25, 0.3) is 0 Å². The third-order valence-corrected chi connectivity index (χ3v) is 2.63. The summed E-state index contributed by atoms with van der Waals surface area (Å²) in [5.41, 5.74) is 0.668. The normalized spacial score (nSPS) is 32.5. The fourth-order valence-corrected chi connectivity index (χ4v) is 1.62. The number of nitriles is 1. The van der Waals surface area contributed by atoms with Gasteiger partial charge in [0.05, 0.1) is 11.8 Å². The number of nitrogens with zero attached hydrogens (tertiary/aromatic N) is 2. The number of hydrogen-bond donors (Lipinski definition) is 0. The summed E-state index contributed by atoms with van der Waals surface area (Å²) >= 11 is 0. The van der Waals surface area contributed by atoms with Gasteiger partial charge in [-0.1, -0.05) is 13.0 Å². The third kappa shape index (κ3) is 0.831.